The van der Waals surface area contributed by atoms with E-state index in [0.29, 0.717) is 10.2 Å². The molecule has 0 radical (unpaired) electrons. The maximum absolute atomic E-state index is 9.45. The van der Waals surface area contributed by atoms with E-state index in [9.17, 15) is 5.11 Å². The lowest BCUT2D eigenvalue weighted by molar-refractivity contribution is 0.152. The topological polar surface area (TPSA) is 74.9 Å². The van der Waals surface area contributed by atoms with Crippen LogP contribution in [0.15, 0.2) is 10.8 Å². The summed E-state index contributed by atoms with van der Waals surface area (Å²) in [5.74, 6) is 0. The van der Waals surface area contributed by atoms with Crippen LogP contribution in [0.1, 0.15) is 18.6 Å². The number of nitrogens with zero attached hydrogens (tertiary/aromatic N) is 1. The molecule has 1 rings (SSSR count). The van der Waals surface area contributed by atoms with Crippen molar-refractivity contribution in [2.24, 2.45) is 5.73 Å². The van der Waals surface area contributed by atoms with Crippen LogP contribution in [0, 0.1) is 0 Å². The zero-order valence-corrected chi connectivity index (χ0v) is 7.67. The number of aliphatic hydroxyl groups is 1. The van der Waals surface area contributed by atoms with Crippen molar-refractivity contribution in [1.29, 1.82) is 0 Å². The number of aliphatic hydroxyl groups excluding tert-OH is 1. The molecule has 0 aliphatic carbocycles. The number of nitrogens with one attached hydrogen (secondary N) is 1. The average molecular weight is 220 g/mol. The van der Waals surface area contributed by atoms with Gasteiger partial charge in [-0.2, -0.15) is 5.10 Å². The van der Waals surface area contributed by atoms with Gasteiger partial charge in [-0.1, -0.05) is 0 Å². The SMILES string of the molecule is CC(N)C(O)c1cn[nH]c1Br. The van der Waals surface area contributed by atoms with Gasteiger partial charge in [0.25, 0.3) is 0 Å². The number of nitrogens with two attached hydrogens (primary N) is 1. The minimum atomic E-state index is -0.664. The molecule has 2 atom stereocenters. The lowest BCUT2D eigenvalue weighted by Crippen LogP contribution is -2.24. The van der Waals surface area contributed by atoms with Crippen molar-refractivity contribution < 1.29 is 5.11 Å². The van der Waals surface area contributed by atoms with E-state index in [2.05, 4.69) is 26.1 Å². The molecule has 0 saturated carbocycles. The highest BCUT2D eigenvalue weighted by Gasteiger charge is 2.16. The molecule has 2 unspecified atom stereocenters. The van der Waals surface area contributed by atoms with Gasteiger partial charge in [0.05, 0.1) is 12.3 Å². The Labute approximate surface area is 72.9 Å². The molecule has 4 N–H and O–H groups in total. The normalized spacial score (nSPS) is 16.4. The highest BCUT2D eigenvalue weighted by Crippen LogP contribution is 2.21. The molecular weight excluding hydrogens is 210 g/mol. The summed E-state index contributed by atoms with van der Waals surface area (Å²) in [6, 6.07) is -0.288. The maximum atomic E-state index is 9.45. The van der Waals surface area contributed by atoms with Crippen molar-refractivity contribution >= 4 is 15.9 Å². The van der Waals surface area contributed by atoms with Crippen LogP contribution >= 0.6 is 15.9 Å². The molecule has 0 bridgehead atoms. The van der Waals surface area contributed by atoms with Crippen LogP contribution in [-0.2, 0) is 0 Å². The predicted octanol–water partition coefficient (Wildman–Crippen LogP) is 0.553. The summed E-state index contributed by atoms with van der Waals surface area (Å²) in [6.07, 6.45) is 0.890. The van der Waals surface area contributed by atoms with Gasteiger partial charge in [-0.15, -0.1) is 0 Å². The molecule has 0 aliphatic heterocycles. The quantitative estimate of drug-likeness (QED) is 0.681. The number of hydrogen-bond acceptors (Lipinski definition) is 3. The minimum absolute atomic E-state index is 0.288. The summed E-state index contributed by atoms with van der Waals surface area (Å²) in [6.45, 7) is 1.74. The lowest BCUT2D eigenvalue weighted by atomic mass is 10.1. The Bertz CT molecular complexity index is 235. The Morgan fingerprint density at radius 3 is 2.82 bits per heavy atom. The molecule has 0 fully saturated rings. The van der Waals surface area contributed by atoms with Crippen LogP contribution in [-0.4, -0.2) is 21.3 Å². The van der Waals surface area contributed by atoms with Crippen LogP contribution in [0.3, 0.4) is 0 Å². The van der Waals surface area contributed by atoms with E-state index in [4.69, 9.17) is 5.73 Å². The molecule has 1 heterocycles. The molecule has 0 amide bonds. The van der Waals surface area contributed by atoms with Gasteiger partial charge in [-0.05, 0) is 22.9 Å². The van der Waals surface area contributed by atoms with Gasteiger partial charge in [0.1, 0.15) is 4.60 Å². The largest absolute Gasteiger partial charge is 0.387 e. The number of halogens is 1. The third-order valence-electron chi connectivity index (χ3n) is 1.44. The van der Waals surface area contributed by atoms with Gasteiger partial charge < -0.3 is 10.8 Å². The number of hydrogen-bond donors (Lipinski definition) is 3. The first-order valence-corrected chi connectivity index (χ1v) is 4.04. The molecule has 0 aromatic carbocycles. The van der Waals surface area contributed by atoms with Gasteiger partial charge in [-0.25, -0.2) is 0 Å². The Hall–Kier alpha value is -0.390. The summed E-state index contributed by atoms with van der Waals surface area (Å²) >= 11 is 3.20. The van der Waals surface area contributed by atoms with Gasteiger partial charge in [0.15, 0.2) is 0 Å². The van der Waals surface area contributed by atoms with Crippen molar-refractivity contribution in [3.05, 3.63) is 16.4 Å². The van der Waals surface area contributed by atoms with Gasteiger partial charge in [-0.3, -0.25) is 5.10 Å². The second-order valence-electron chi connectivity index (χ2n) is 2.44. The molecule has 5 heteroatoms. The van der Waals surface area contributed by atoms with Gasteiger partial charge in [0.2, 0.25) is 0 Å². The number of H-pyrrole nitrogens is 1. The van der Waals surface area contributed by atoms with Crippen molar-refractivity contribution in [2.75, 3.05) is 0 Å². The summed E-state index contributed by atoms with van der Waals surface area (Å²) in [5.41, 5.74) is 6.18. The maximum Gasteiger partial charge on any atom is 0.106 e. The van der Waals surface area contributed by atoms with E-state index >= 15 is 0 Å². The Balaban J connectivity index is 2.84. The standard InChI is InChI=1S/C6H10BrN3O/c1-3(8)5(11)4-2-9-10-6(4)7/h2-3,5,11H,8H2,1H3,(H,9,10). The minimum Gasteiger partial charge on any atom is -0.387 e. The second kappa shape index (κ2) is 3.34. The van der Waals surface area contributed by atoms with Crippen LogP contribution in [0.25, 0.3) is 0 Å². The average Bonchev–Trinajstić information content (AvgIpc) is 2.33. The van der Waals surface area contributed by atoms with Crippen LogP contribution in [0.2, 0.25) is 0 Å². The molecule has 4 nitrogen and oxygen atoms in total. The number of rotatable bonds is 2. The first kappa shape index (κ1) is 8.70. The van der Waals surface area contributed by atoms with Crippen molar-refractivity contribution in [1.82, 2.24) is 10.2 Å². The highest BCUT2D eigenvalue weighted by atomic mass is 79.9. The number of aromatic nitrogens is 2. The monoisotopic (exact) mass is 219 g/mol. The summed E-state index contributed by atoms with van der Waals surface area (Å²) in [7, 11) is 0. The second-order valence-corrected chi connectivity index (χ2v) is 3.24. The predicted molar refractivity (Wildman–Crippen MR) is 44.9 cm³/mol. The van der Waals surface area contributed by atoms with Crippen molar-refractivity contribution in [3.63, 3.8) is 0 Å². The Kier molecular flexibility index (Phi) is 2.64. The van der Waals surface area contributed by atoms with E-state index in [1.165, 1.54) is 0 Å². The highest BCUT2D eigenvalue weighted by molar-refractivity contribution is 9.10. The molecule has 11 heavy (non-hydrogen) atoms. The third-order valence-corrected chi connectivity index (χ3v) is 2.07. The molecule has 1 aromatic rings. The molecule has 1 aromatic heterocycles. The van der Waals surface area contributed by atoms with E-state index < -0.39 is 6.10 Å². The van der Waals surface area contributed by atoms with Crippen LogP contribution in [0.4, 0.5) is 0 Å². The molecule has 62 valence electrons. The molecular formula is C6H10BrN3O. The first-order chi connectivity index (χ1) is 5.13. The van der Waals surface area contributed by atoms with E-state index in [1.807, 2.05) is 0 Å². The fourth-order valence-corrected chi connectivity index (χ4v) is 1.21. The van der Waals surface area contributed by atoms with Crippen LogP contribution < -0.4 is 5.73 Å². The summed E-state index contributed by atoms with van der Waals surface area (Å²) in [5, 5.41) is 15.8. The fraction of sp³-hybridized carbons (Fsp3) is 0.500. The Morgan fingerprint density at radius 1 is 1.82 bits per heavy atom. The molecule has 0 saturated heterocycles. The first-order valence-electron chi connectivity index (χ1n) is 3.25. The number of aromatic amines is 1. The Morgan fingerprint density at radius 2 is 2.45 bits per heavy atom. The summed E-state index contributed by atoms with van der Waals surface area (Å²) < 4.78 is 0.683. The fourth-order valence-electron chi connectivity index (χ4n) is 0.769. The smallest absolute Gasteiger partial charge is 0.106 e. The summed E-state index contributed by atoms with van der Waals surface area (Å²) in [4.78, 5) is 0. The van der Waals surface area contributed by atoms with Gasteiger partial charge >= 0.3 is 0 Å². The van der Waals surface area contributed by atoms with Crippen molar-refractivity contribution in [2.45, 2.75) is 19.1 Å². The third kappa shape index (κ3) is 1.79. The van der Waals surface area contributed by atoms with Gasteiger partial charge in [0, 0.05) is 11.6 Å². The van der Waals surface area contributed by atoms with E-state index in [0.717, 1.165) is 0 Å². The van der Waals surface area contributed by atoms with Crippen LogP contribution in [0.5, 0.6) is 0 Å². The van der Waals surface area contributed by atoms with Crippen molar-refractivity contribution in [3.8, 4) is 0 Å². The lowest BCUT2D eigenvalue weighted by Gasteiger charge is -2.12. The molecule has 0 aliphatic rings. The zero-order valence-electron chi connectivity index (χ0n) is 6.08. The van der Waals surface area contributed by atoms with E-state index in [-0.39, 0.29) is 6.04 Å². The molecule has 0 spiro atoms. The van der Waals surface area contributed by atoms with E-state index in [1.54, 1.807) is 13.1 Å². The zero-order chi connectivity index (χ0) is 8.43.